The van der Waals surface area contributed by atoms with Gasteiger partial charge in [-0.3, -0.25) is 9.80 Å². The van der Waals surface area contributed by atoms with E-state index in [0.717, 1.165) is 0 Å². The van der Waals surface area contributed by atoms with Crippen LogP contribution in [0, 0.1) is 0 Å². The van der Waals surface area contributed by atoms with Crippen LogP contribution in [0.4, 0.5) is 4.79 Å². The molecule has 3 nitrogen and oxygen atoms in total. The summed E-state index contributed by atoms with van der Waals surface area (Å²) in [6.45, 7) is 0. The van der Waals surface area contributed by atoms with E-state index in [1.807, 2.05) is 0 Å². The van der Waals surface area contributed by atoms with Crippen molar-refractivity contribution >= 4 is 6.03 Å². The maximum atomic E-state index is 11.3. The molecule has 4 aliphatic rings. The number of amides is 2. The van der Waals surface area contributed by atoms with Crippen molar-refractivity contribution in [3.05, 3.63) is 0 Å². The van der Waals surface area contributed by atoms with E-state index in [1.165, 1.54) is 51.4 Å². The predicted molar refractivity (Wildman–Crippen MR) is 53.6 cm³/mol. The van der Waals surface area contributed by atoms with E-state index >= 15 is 0 Å². The van der Waals surface area contributed by atoms with Crippen molar-refractivity contribution in [1.82, 2.24) is 9.80 Å². The number of rotatable bonds is 0. The van der Waals surface area contributed by atoms with Gasteiger partial charge in [0.15, 0.2) is 0 Å². The van der Waals surface area contributed by atoms with Crippen molar-refractivity contribution < 1.29 is 4.79 Å². The van der Waals surface area contributed by atoms with Gasteiger partial charge in [-0.25, -0.2) is 4.79 Å². The molecular weight excluding hydrogens is 176 g/mol. The first kappa shape index (κ1) is 8.57. The first-order valence-corrected chi connectivity index (χ1v) is 6.00. The molecule has 0 atom stereocenters. The summed E-state index contributed by atoms with van der Waals surface area (Å²) in [5, 5.41) is 0. The maximum Gasteiger partial charge on any atom is 0.326 e. The van der Waals surface area contributed by atoms with Crippen LogP contribution >= 0.6 is 0 Å². The Morgan fingerprint density at radius 1 is 0.786 bits per heavy atom. The lowest BCUT2D eigenvalue weighted by Crippen LogP contribution is -2.88. The van der Waals surface area contributed by atoms with Crippen LogP contribution in [0.15, 0.2) is 0 Å². The van der Waals surface area contributed by atoms with E-state index in [-0.39, 0.29) is 0 Å². The van der Waals surface area contributed by atoms with Crippen molar-refractivity contribution in [1.29, 1.82) is 0 Å². The van der Waals surface area contributed by atoms with Gasteiger partial charge in [-0.1, -0.05) is 25.7 Å². The fraction of sp³-hybridized carbons (Fsp3) is 0.909. The highest BCUT2D eigenvalue weighted by molar-refractivity contribution is 5.87. The third kappa shape index (κ3) is 1.01. The zero-order chi connectivity index (χ0) is 9.54. The average Bonchev–Trinajstić information content (AvgIpc) is 2.20. The number of nitrogens with zero attached hydrogens (tertiary/aromatic N) is 2. The van der Waals surface area contributed by atoms with Gasteiger partial charge in [-0.05, 0) is 25.7 Å². The molecular formula is C11H18N2O. The summed E-state index contributed by atoms with van der Waals surface area (Å²) in [6.07, 6.45) is 11.5. The van der Waals surface area contributed by atoms with Crippen LogP contribution in [-0.2, 0) is 0 Å². The molecule has 0 aromatic rings. The van der Waals surface area contributed by atoms with Gasteiger partial charge in [-0.2, -0.15) is 0 Å². The smallest absolute Gasteiger partial charge is 0.283 e. The lowest BCUT2D eigenvalue weighted by molar-refractivity contribution is -0.211. The van der Waals surface area contributed by atoms with Crippen molar-refractivity contribution in [3.63, 3.8) is 0 Å². The third-order valence-electron chi connectivity index (χ3n) is 3.90. The van der Waals surface area contributed by atoms with Crippen LogP contribution < -0.4 is 0 Å². The number of hydrogen-bond donors (Lipinski definition) is 0. The van der Waals surface area contributed by atoms with Crippen LogP contribution in [0.1, 0.15) is 51.4 Å². The Morgan fingerprint density at radius 2 is 1.21 bits per heavy atom. The fourth-order valence-corrected chi connectivity index (χ4v) is 3.04. The largest absolute Gasteiger partial charge is 0.326 e. The molecule has 4 heterocycles. The summed E-state index contributed by atoms with van der Waals surface area (Å²) in [7, 11) is 0. The van der Waals surface area contributed by atoms with Crippen molar-refractivity contribution in [2.24, 2.45) is 0 Å². The zero-order valence-corrected chi connectivity index (χ0v) is 8.61. The van der Waals surface area contributed by atoms with Gasteiger partial charge >= 0.3 is 6.03 Å². The molecule has 4 bridgehead atoms. The van der Waals surface area contributed by atoms with E-state index in [9.17, 15) is 4.79 Å². The summed E-state index contributed by atoms with van der Waals surface area (Å²) in [6, 6.07) is 0.291. The van der Waals surface area contributed by atoms with Crippen LogP contribution in [0.5, 0.6) is 0 Å². The minimum atomic E-state index is 0.291. The quantitative estimate of drug-likeness (QED) is 0.581. The van der Waals surface area contributed by atoms with Gasteiger partial charge in [0.05, 0.1) is 0 Å². The Kier molecular flexibility index (Phi) is 1.92. The lowest BCUT2D eigenvalue weighted by Gasteiger charge is -2.69. The van der Waals surface area contributed by atoms with Gasteiger partial charge < -0.3 is 0 Å². The molecule has 3 heteroatoms. The second kappa shape index (κ2) is 3.14. The summed E-state index contributed by atoms with van der Waals surface area (Å²) >= 11 is 0. The lowest BCUT2D eigenvalue weighted by atomic mass is 9.96. The number of hydrogen-bond acceptors (Lipinski definition) is 1. The normalized spacial score (nSPS) is 37.0. The molecule has 0 aliphatic carbocycles. The molecule has 78 valence electrons. The average molecular weight is 194 g/mol. The highest BCUT2D eigenvalue weighted by Gasteiger charge is 2.62. The topological polar surface area (TPSA) is 23.6 Å². The molecule has 14 heavy (non-hydrogen) atoms. The molecule has 2 amide bonds. The van der Waals surface area contributed by atoms with Crippen molar-refractivity contribution in [3.8, 4) is 0 Å². The molecule has 4 rings (SSSR count). The predicted octanol–water partition coefficient (Wildman–Crippen LogP) is 2.52. The van der Waals surface area contributed by atoms with Gasteiger partial charge in [-0.15, -0.1) is 0 Å². The SMILES string of the molecule is O=C1N2C3CCCCCCCCC2N13. The molecule has 0 aromatic carbocycles. The molecule has 4 saturated heterocycles. The number of urea groups is 1. The first-order valence-electron chi connectivity index (χ1n) is 6.00. The van der Waals surface area contributed by atoms with E-state index in [1.54, 1.807) is 0 Å². The Morgan fingerprint density at radius 3 is 1.64 bits per heavy atom. The Hall–Kier alpha value is -0.730. The second-order valence-corrected chi connectivity index (χ2v) is 4.76. The summed E-state index contributed by atoms with van der Waals surface area (Å²) in [5.74, 6) is 0. The number of carbonyl (C=O) groups is 1. The molecule has 0 N–H and O–H groups in total. The Labute approximate surface area is 85.1 Å². The molecule has 0 spiro atoms. The minimum Gasteiger partial charge on any atom is -0.283 e. The van der Waals surface area contributed by atoms with Gasteiger partial charge in [0, 0.05) is 0 Å². The summed E-state index contributed by atoms with van der Waals surface area (Å²) in [4.78, 5) is 15.5. The standard InChI is InChI=1S/C11H18N2O/c14-11-12-9-7-5-3-1-2-4-6-8-10(12)13(9)11/h9-10H,1-8H2. The van der Waals surface area contributed by atoms with E-state index in [0.29, 0.717) is 18.4 Å². The number of carbonyl (C=O) groups excluding carboxylic acids is 1. The molecule has 0 aromatic heterocycles. The van der Waals surface area contributed by atoms with Crippen LogP contribution in [0.2, 0.25) is 0 Å². The summed E-state index contributed by atoms with van der Waals surface area (Å²) in [5.41, 5.74) is 0. The van der Waals surface area contributed by atoms with Crippen LogP contribution in [0.3, 0.4) is 0 Å². The highest BCUT2D eigenvalue weighted by atomic mass is 16.2. The molecule has 4 aliphatic heterocycles. The van der Waals surface area contributed by atoms with E-state index < -0.39 is 0 Å². The Balaban J connectivity index is 1.62. The van der Waals surface area contributed by atoms with Gasteiger partial charge in [0.2, 0.25) is 0 Å². The van der Waals surface area contributed by atoms with Crippen molar-refractivity contribution in [2.75, 3.05) is 0 Å². The Bertz CT molecular complexity index is 222. The second-order valence-electron chi connectivity index (χ2n) is 4.76. The van der Waals surface area contributed by atoms with Crippen LogP contribution in [-0.4, -0.2) is 28.2 Å². The monoisotopic (exact) mass is 194 g/mol. The zero-order valence-electron chi connectivity index (χ0n) is 8.61. The van der Waals surface area contributed by atoms with Crippen molar-refractivity contribution in [2.45, 2.75) is 63.7 Å². The molecule has 4 fully saturated rings. The van der Waals surface area contributed by atoms with Crippen LogP contribution in [0.25, 0.3) is 0 Å². The molecule has 0 unspecified atom stereocenters. The molecule has 0 saturated carbocycles. The van der Waals surface area contributed by atoms with Gasteiger partial charge in [0.25, 0.3) is 0 Å². The van der Waals surface area contributed by atoms with Gasteiger partial charge in [0.1, 0.15) is 12.3 Å². The minimum absolute atomic E-state index is 0.291. The summed E-state index contributed by atoms with van der Waals surface area (Å²) < 4.78 is 0. The molecule has 0 radical (unpaired) electrons. The highest BCUT2D eigenvalue weighted by Crippen LogP contribution is 2.45. The van der Waals surface area contributed by atoms with E-state index in [4.69, 9.17) is 0 Å². The maximum absolute atomic E-state index is 11.3. The fourth-order valence-electron chi connectivity index (χ4n) is 3.04. The third-order valence-corrected chi connectivity index (χ3v) is 3.90. The van der Waals surface area contributed by atoms with E-state index in [2.05, 4.69) is 9.80 Å². The first-order chi connectivity index (χ1) is 6.89.